The van der Waals surface area contributed by atoms with Gasteiger partial charge in [0.05, 0.1) is 23.7 Å². The first-order valence-electron chi connectivity index (χ1n) is 12.1. The molecule has 0 amide bonds. The molecule has 3 aromatic carbocycles. The quantitative estimate of drug-likeness (QED) is 0.176. The van der Waals surface area contributed by atoms with E-state index < -0.39 is 39.2 Å². The van der Waals surface area contributed by atoms with Gasteiger partial charge in [0, 0.05) is 12.3 Å². The van der Waals surface area contributed by atoms with Crippen LogP contribution in [0, 0.1) is 0 Å². The smallest absolute Gasteiger partial charge is 0.330 e. The lowest BCUT2D eigenvalue weighted by molar-refractivity contribution is -0.0943. The number of hydrogen-bond acceptors (Lipinski definition) is 6. The van der Waals surface area contributed by atoms with Crippen LogP contribution in [-0.2, 0) is 15.1 Å². The molecule has 0 unspecified atom stereocenters. The minimum Gasteiger partial charge on any atom is -0.497 e. The summed E-state index contributed by atoms with van der Waals surface area (Å²) in [6.45, 7) is 0.0328. The van der Waals surface area contributed by atoms with Crippen molar-refractivity contribution in [2.75, 3.05) is 13.7 Å². The molecule has 1 aliphatic heterocycles. The first-order valence-corrected chi connectivity index (χ1v) is 13.4. The van der Waals surface area contributed by atoms with E-state index in [0.717, 1.165) is 22.4 Å². The third-order valence-corrected chi connectivity index (χ3v) is 8.09. The molecule has 9 heteroatoms. The molecule has 8 nitrogen and oxygen atoms in total. The molecule has 1 aromatic heterocycles. The predicted molar refractivity (Wildman–Crippen MR) is 151 cm³/mol. The topological polar surface area (TPSA) is 103 Å². The summed E-state index contributed by atoms with van der Waals surface area (Å²) in [7, 11) is 1.62. The molecule has 0 bridgehead atoms. The Morgan fingerprint density at radius 2 is 1.50 bits per heavy atom. The summed E-state index contributed by atoms with van der Waals surface area (Å²) < 4.78 is 19.2. The fourth-order valence-corrected chi connectivity index (χ4v) is 5.80. The number of rotatable bonds is 8. The van der Waals surface area contributed by atoms with Crippen molar-refractivity contribution in [3.05, 3.63) is 135 Å². The van der Waals surface area contributed by atoms with Crippen molar-refractivity contribution in [3.8, 4) is 5.75 Å². The summed E-state index contributed by atoms with van der Waals surface area (Å²) in [4.78, 5) is 26.2. The minimum absolute atomic E-state index is 0.0328. The second-order valence-electron chi connectivity index (χ2n) is 8.97. The van der Waals surface area contributed by atoms with Gasteiger partial charge >= 0.3 is 5.69 Å². The maximum atomic E-state index is 12.4. The molecular weight excluding hydrogens is 599 g/mol. The number of hydrogen-bond donors (Lipinski definition) is 2. The van der Waals surface area contributed by atoms with Crippen LogP contribution in [0.15, 0.2) is 107 Å². The van der Waals surface area contributed by atoms with Crippen molar-refractivity contribution in [1.82, 2.24) is 9.55 Å². The molecule has 0 aliphatic carbocycles. The number of nitrogens with one attached hydrogen (secondary N) is 1. The number of benzene rings is 3. The predicted octanol–water partition coefficient (Wildman–Crippen LogP) is 3.62. The van der Waals surface area contributed by atoms with E-state index in [2.05, 4.69) is 27.6 Å². The number of H-pyrrole nitrogens is 1. The summed E-state index contributed by atoms with van der Waals surface area (Å²) >= 11 is 2.07. The molecule has 0 radical (unpaired) electrons. The summed E-state index contributed by atoms with van der Waals surface area (Å²) in [5.74, 6) is 0.722. The van der Waals surface area contributed by atoms with Crippen molar-refractivity contribution in [1.29, 1.82) is 0 Å². The average molecular weight is 626 g/mol. The number of alkyl halides is 1. The van der Waals surface area contributed by atoms with E-state index in [0.29, 0.717) is 0 Å². The molecule has 1 fully saturated rings. The van der Waals surface area contributed by atoms with Crippen molar-refractivity contribution in [2.45, 2.75) is 28.0 Å². The second kappa shape index (κ2) is 11.2. The van der Waals surface area contributed by atoms with E-state index in [1.807, 2.05) is 84.9 Å². The number of aliphatic hydroxyl groups is 1. The highest BCUT2D eigenvalue weighted by molar-refractivity contribution is 14.1. The van der Waals surface area contributed by atoms with Crippen LogP contribution >= 0.6 is 22.6 Å². The van der Waals surface area contributed by atoms with Gasteiger partial charge in [-0.05, 0) is 28.8 Å². The highest BCUT2D eigenvalue weighted by atomic mass is 127. The summed E-state index contributed by atoms with van der Waals surface area (Å²) in [6.07, 6.45) is -1.04. The molecule has 5 rings (SSSR count). The number of methoxy groups -OCH3 is 1. The van der Waals surface area contributed by atoms with Gasteiger partial charge in [0.1, 0.15) is 17.5 Å². The molecule has 2 N–H and O–H groups in total. The number of nitrogens with zero attached hydrogens (tertiary/aromatic N) is 1. The Balaban J connectivity index is 1.54. The van der Waals surface area contributed by atoms with Gasteiger partial charge < -0.3 is 19.3 Å². The van der Waals surface area contributed by atoms with Gasteiger partial charge in [-0.15, -0.1) is 0 Å². The zero-order chi connectivity index (χ0) is 26.7. The highest BCUT2D eigenvalue weighted by Crippen LogP contribution is 2.42. The van der Waals surface area contributed by atoms with Crippen molar-refractivity contribution in [2.24, 2.45) is 0 Å². The Morgan fingerprint density at radius 3 is 2.05 bits per heavy atom. The van der Waals surface area contributed by atoms with Gasteiger partial charge in [0.2, 0.25) is 0 Å². The zero-order valence-corrected chi connectivity index (χ0v) is 22.7. The van der Waals surface area contributed by atoms with Crippen LogP contribution in [-0.4, -0.2) is 44.5 Å². The van der Waals surface area contributed by atoms with Gasteiger partial charge in [-0.1, -0.05) is 95.4 Å². The molecule has 38 heavy (non-hydrogen) atoms. The largest absolute Gasteiger partial charge is 0.497 e. The zero-order valence-electron chi connectivity index (χ0n) is 20.6. The third-order valence-electron chi connectivity index (χ3n) is 6.74. The van der Waals surface area contributed by atoms with Crippen molar-refractivity contribution < 1.29 is 19.3 Å². The lowest BCUT2D eigenvalue weighted by atomic mass is 9.80. The maximum absolute atomic E-state index is 12.4. The summed E-state index contributed by atoms with van der Waals surface area (Å²) in [6, 6.07) is 28.7. The highest BCUT2D eigenvalue weighted by Gasteiger charge is 2.46. The Kier molecular flexibility index (Phi) is 7.80. The second-order valence-corrected chi connectivity index (χ2v) is 10.4. The molecular formula is C29H27IN2O6. The normalized spacial score (nSPS) is 21.3. The van der Waals surface area contributed by atoms with Gasteiger partial charge in [0.15, 0.2) is 6.23 Å². The summed E-state index contributed by atoms with van der Waals surface area (Å²) in [5, 5.41) is 11.1. The molecule has 0 saturated carbocycles. The van der Waals surface area contributed by atoms with Crippen LogP contribution in [0.4, 0.5) is 0 Å². The first kappa shape index (κ1) is 26.4. The minimum atomic E-state index is -1.02. The average Bonchev–Trinajstić information content (AvgIpc) is 3.23. The monoisotopic (exact) mass is 626 g/mol. The third kappa shape index (κ3) is 4.94. The molecule has 4 aromatic rings. The van der Waals surface area contributed by atoms with Gasteiger partial charge in [0.25, 0.3) is 5.56 Å². The molecule has 196 valence electrons. The molecule has 1 saturated heterocycles. The number of aromatic amines is 1. The first-order chi connectivity index (χ1) is 18.4. The van der Waals surface area contributed by atoms with E-state index in [4.69, 9.17) is 14.2 Å². The standard InChI is InChI=1S/C29H27IN2O6/c1-36-22-14-12-21(13-15-22)29(19-8-4-2-5-9-19,20-10-6-3-7-11-20)37-18-23-26(34)25(30)27(38-23)32-17-16-24(33)31-28(32)35/h2-17,23,25-27,34H,18H2,1H3,(H,31,33,35)/t23-,25-,26-,27-/m1/s1. The van der Waals surface area contributed by atoms with Crippen LogP contribution < -0.4 is 16.0 Å². The van der Waals surface area contributed by atoms with Crippen molar-refractivity contribution >= 4 is 22.6 Å². The van der Waals surface area contributed by atoms with Gasteiger partial charge in [-0.25, -0.2) is 4.79 Å². The SMILES string of the molecule is COc1ccc(C(OC[C@H]2O[C@@H](n3ccc(=O)[nH]c3=O)[C@H](I)[C@@H]2O)(c2ccccc2)c2ccccc2)cc1. The Bertz CT molecular complexity index is 1430. The molecule has 4 atom stereocenters. The fourth-order valence-electron chi connectivity index (χ4n) is 4.82. The Labute approximate surface area is 233 Å². The van der Waals surface area contributed by atoms with Crippen molar-refractivity contribution in [3.63, 3.8) is 0 Å². The Morgan fingerprint density at radius 1 is 0.921 bits per heavy atom. The lowest BCUT2D eigenvalue weighted by Gasteiger charge is -2.37. The van der Waals surface area contributed by atoms with Crippen LogP contribution in [0.2, 0.25) is 0 Å². The molecule has 1 aliphatic rings. The fraction of sp³-hybridized carbons (Fsp3) is 0.241. The van der Waals surface area contributed by atoms with Gasteiger partial charge in [-0.3, -0.25) is 14.3 Å². The van der Waals surface area contributed by atoms with Crippen LogP contribution in [0.3, 0.4) is 0 Å². The number of aliphatic hydroxyl groups excluding tert-OH is 1. The van der Waals surface area contributed by atoms with E-state index in [-0.39, 0.29) is 6.61 Å². The number of aromatic nitrogens is 2. The van der Waals surface area contributed by atoms with Crippen LogP contribution in [0.25, 0.3) is 0 Å². The maximum Gasteiger partial charge on any atom is 0.330 e. The Hall–Kier alpha value is -3.25. The molecule has 2 heterocycles. The molecule has 0 spiro atoms. The van der Waals surface area contributed by atoms with E-state index in [1.54, 1.807) is 7.11 Å². The number of ether oxygens (including phenoxy) is 3. The number of halogens is 1. The van der Waals surface area contributed by atoms with E-state index >= 15 is 0 Å². The van der Waals surface area contributed by atoms with Crippen LogP contribution in [0.5, 0.6) is 5.75 Å². The summed E-state index contributed by atoms with van der Waals surface area (Å²) in [5.41, 5.74) is 0.573. The van der Waals surface area contributed by atoms with E-state index in [1.165, 1.54) is 16.8 Å². The van der Waals surface area contributed by atoms with Crippen LogP contribution in [0.1, 0.15) is 22.9 Å². The lowest BCUT2D eigenvalue weighted by Crippen LogP contribution is -2.38. The van der Waals surface area contributed by atoms with Gasteiger partial charge in [-0.2, -0.15) is 0 Å². The van der Waals surface area contributed by atoms with E-state index in [9.17, 15) is 14.7 Å².